The van der Waals surface area contributed by atoms with Crippen LogP contribution >= 0.6 is 7.82 Å². The number of esters is 1. The fourth-order valence-corrected chi connectivity index (χ4v) is 4.69. The molecule has 0 amide bonds. The number of carbonyl (C=O) groups excluding carboxylic acids is 1. The van der Waals surface area contributed by atoms with E-state index in [1.165, 1.54) is 77.0 Å². The lowest BCUT2D eigenvalue weighted by Crippen LogP contribution is -2.28. The molecule has 0 aromatic heterocycles. The molecule has 0 spiro atoms. The minimum absolute atomic E-state index is 0.0947. The van der Waals surface area contributed by atoms with Crippen molar-refractivity contribution in [2.24, 2.45) is 5.73 Å². The maximum absolute atomic E-state index is 12.3. The van der Waals surface area contributed by atoms with Gasteiger partial charge in [0.1, 0.15) is 6.10 Å². The van der Waals surface area contributed by atoms with Crippen LogP contribution < -0.4 is 5.73 Å². The number of ether oxygens (including phenoxy) is 2. The first-order chi connectivity index (χ1) is 18.4. The second kappa shape index (κ2) is 27.8. The largest absolute Gasteiger partial charge is 0.472 e. The smallest absolute Gasteiger partial charge is 0.457 e. The molecule has 0 aliphatic heterocycles. The fraction of sp³-hybridized carbons (Fsp3) is 0.897. The zero-order valence-electron chi connectivity index (χ0n) is 24.4. The number of nitrogens with two attached hydrogens (primary N) is 1. The van der Waals surface area contributed by atoms with Crippen LogP contribution in [0.2, 0.25) is 0 Å². The number of phosphoric acid groups is 1. The first kappa shape index (κ1) is 37.2. The first-order valence-corrected chi connectivity index (χ1v) is 16.7. The lowest BCUT2D eigenvalue weighted by Gasteiger charge is -2.20. The Hall–Kier alpha value is -0.760. The Morgan fingerprint density at radius 2 is 1.32 bits per heavy atom. The van der Waals surface area contributed by atoms with Gasteiger partial charge in [0.05, 0.1) is 19.8 Å². The summed E-state index contributed by atoms with van der Waals surface area (Å²) in [6.45, 7) is 4.80. The van der Waals surface area contributed by atoms with Crippen molar-refractivity contribution in [2.45, 2.75) is 136 Å². The molecule has 0 radical (unpaired) electrons. The van der Waals surface area contributed by atoms with Gasteiger partial charge < -0.3 is 20.1 Å². The average Bonchev–Trinajstić information content (AvgIpc) is 2.90. The van der Waals surface area contributed by atoms with Crippen molar-refractivity contribution in [1.82, 2.24) is 0 Å². The van der Waals surface area contributed by atoms with Crippen molar-refractivity contribution in [3.05, 3.63) is 12.2 Å². The quantitative estimate of drug-likeness (QED) is 0.0413. The molecule has 0 saturated heterocycles. The molecule has 2 unspecified atom stereocenters. The van der Waals surface area contributed by atoms with E-state index in [9.17, 15) is 14.3 Å². The van der Waals surface area contributed by atoms with E-state index in [0.717, 1.165) is 32.1 Å². The van der Waals surface area contributed by atoms with Crippen molar-refractivity contribution in [3.8, 4) is 0 Å². The van der Waals surface area contributed by atoms with Gasteiger partial charge in [0.2, 0.25) is 0 Å². The zero-order valence-corrected chi connectivity index (χ0v) is 25.3. The summed E-state index contributed by atoms with van der Waals surface area (Å²) in [5.41, 5.74) is 5.31. The summed E-state index contributed by atoms with van der Waals surface area (Å²) < 4.78 is 32.9. The van der Waals surface area contributed by atoms with Crippen molar-refractivity contribution in [3.63, 3.8) is 0 Å². The molecule has 0 aliphatic carbocycles. The molecule has 0 aromatic rings. The van der Waals surface area contributed by atoms with Crippen LogP contribution in [0.25, 0.3) is 0 Å². The van der Waals surface area contributed by atoms with Crippen LogP contribution in [0, 0.1) is 0 Å². The summed E-state index contributed by atoms with van der Waals surface area (Å²) in [5, 5.41) is 0. The number of rotatable bonds is 29. The Morgan fingerprint density at radius 1 is 0.763 bits per heavy atom. The van der Waals surface area contributed by atoms with E-state index in [1.54, 1.807) is 0 Å². The highest BCUT2D eigenvalue weighted by Gasteiger charge is 2.25. The molecule has 3 N–H and O–H groups in total. The van der Waals surface area contributed by atoms with Crippen LogP contribution in [0.15, 0.2) is 12.2 Å². The van der Waals surface area contributed by atoms with Crippen LogP contribution in [0.1, 0.15) is 129 Å². The van der Waals surface area contributed by atoms with Gasteiger partial charge in [-0.05, 0) is 38.5 Å². The van der Waals surface area contributed by atoms with Gasteiger partial charge in [0, 0.05) is 19.6 Å². The molecule has 0 rings (SSSR count). The topological polar surface area (TPSA) is 117 Å². The summed E-state index contributed by atoms with van der Waals surface area (Å²) in [6, 6.07) is 0. The van der Waals surface area contributed by atoms with Gasteiger partial charge >= 0.3 is 13.8 Å². The highest BCUT2D eigenvalue weighted by molar-refractivity contribution is 7.47. The molecular formula is C29H58NO7P. The monoisotopic (exact) mass is 563 g/mol. The second-order valence-corrected chi connectivity index (χ2v) is 11.4. The van der Waals surface area contributed by atoms with Crippen molar-refractivity contribution >= 4 is 13.8 Å². The Kier molecular flexibility index (Phi) is 27.2. The van der Waals surface area contributed by atoms with Crippen LogP contribution in [0.5, 0.6) is 0 Å². The summed E-state index contributed by atoms with van der Waals surface area (Å²) >= 11 is 0. The van der Waals surface area contributed by atoms with E-state index in [1.807, 2.05) is 0 Å². The first-order valence-electron chi connectivity index (χ1n) is 15.2. The van der Waals surface area contributed by atoms with E-state index in [4.69, 9.17) is 24.3 Å². The van der Waals surface area contributed by atoms with Crippen LogP contribution in [-0.4, -0.2) is 49.9 Å². The van der Waals surface area contributed by atoms with Gasteiger partial charge in [-0.15, -0.1) is 0 Å². The molecule has 0 aromatic carbocycles. The molecular weight excluding hydrogens is 505 g/mol. The molecule has 0 fully saturated rings. The minimum atomic E-state index is -4.25. The predicted octanol–water partition coefficient (Wildman–Crippen LogP) is 7.62. The molecule has 38 heavy (non-hydrogen) atoms. The Labute approximate surface area is 233 Å². The average molecular weight is 564 g/mol. The van der Waals surface area contributed by atoms with Gasteiger partial charge in [-0.2, -0.15) is 0 Å². The molecule has 0 heterocycles. The van der Waals surface area contributed by atoms with E-state index < -0.39 is 13.9 Å². The molecule has 0 saturated carbocycles. The van der Waals surface area contributed by atoms with Gasteiger partial charge in [-0.1, -0.05) is 96.6 Å². The normalized spacial score (nSPS) is 14.1. The standard InChI is InChI=1S/C29H58NO7P/c1-3-5-7-9-11-12-13-14-15-16-17-19-21-24-34-26-28(27-36-38(32,33)35-25-23-30)37-29(31)22-20-18-10-8-6-4-2/h11-12,28H,3-10,13-27,30H2,1-2H3,(H,32,33)/b12-11-. The third-order valence-electron chi connectivity index (χ3n) is 6.18. The highest BCUT2D eigenvalue weighted by atomic mass is 31.2. The van der Waals surface area contributed by atoms with Crippen molar-refractivity contribution in [1.29, 1.82) is 0 Å². The van der Waals surface area contributed by atoms with Crippen LogP contribution in [-0.2, 0) is 27.9 Å². The summed E-state index contributed by atoms with van der Waals surface area (Å²) in [6.07, 6.45) is 23.8. The maximum Gasteiger partial charge on any atom is 0.472 e. The highest BCUT2D eigenvalue weighted by Crippen LogP contribution is 2.43. The molecule has 0 aliphatic rings. The van der Waals surface area contributed by atoms with E-state index in [-0.39, 0.29) is 32.3 Å². The Bertz CT molecular complexity index is 603. The number of hydrogen-bond acceptors (Lipinski definition) is 7. The van der Waals surface area contributed by atoms with Crippen molar-refractivity contribution < 1.29 is 32.8 Å². The molecule has 2 atom stereocenters. The molecule has 9 heteroatoms. The lowest BCUT2D eigenvalue weighted by atomic mass is 10.1. The Morgan fingerprint density at radius 3 is 1.97 bits per heavy atom. The summed E-state index contributed by atoms with van der Waals surface area (Å²) in [5.74, 6) is -0.343. The van der Waals surface area contributed by atoms with Crippen LogP contribution in [0.4, 0.5) is 0 Å². The second-order valence-electron chi connectivity index (χ2n) is 9.97. The van der Waals surface area contributed by atoms with Crippen LogP contribution in [0.3, 0.4) is 0 Å². The van der Waals surface area contributed by atoms with Gasteiger partial charge in [0.15, 0.2) is 0 Å². The van der Waals surface area contributed by atoms with Gasteiger partial charge in [-0.3, -0.25) is 13.8 Å². The molecule has 0 bridgehead atoms. The van der Waals surface area contributed by atoms with E-state index in [0.29, 0.717) is 13.0 Å². The van der Waals surface area contributed by atoms with E-state index >= 15 is 0 Å². The summed E-state index contributed by atoms with van der Waals surface area (Å²) in [7, 11) is -4.25. The third-order valence-corrected chi connectivity index (χ3v) is 7.17. The third kappa shape index (κ3) is 26.8. The number of hydrogen-bond donors (Lipinski definition) is 2. The fourth-order valence-electron chi connectivity index (χ4n) is 3.93. The number of unbranched alkanes of at least 4 members (excludes halogenated alkanes) is 14. The van der Waals surface area contributed by atoms with Crippen molar-refractivity contribution in [2.75, 3.05) is 33.0 Å². The minimum Gasteiger partial charge on any atom is -0.457 e. The number of carbonyl (C=O) groups is 1. The van der Waals surface area contributed by atoms with Gasteiger partial charge in [-0.25, -0.2) is 4.57 Å². The zero-order chi connectivity index (χ0) is 28.2. The maximum atomic E-state index is 12.3. The number of allylic oxidation sites excluding steroid dienone is 2. The Balaban J connectivity index is 4.11. The van der Waals surface area contributed by atoms with E-state index in [2.05, 4.69) is 26.0 Å². The predicted molar refractivity (Wildman–Crippen MR) is 155 cm³/mol. The molecule has 8 nitrogen and oxygen atoms in total. The molecule has 226 valence electrons. The lowest BCUT2D eigenvalue weighted by molar-refractivity contribution is -0.154. The summed E-state index contributed by atoms with van der Waals surface area (Å²) in [4.78, 5) is 22.0. The number of phosphoric ester groups is 1. The van der Waals surface area contributed by atoms with Gasteiger partial charge in [0.25, 0.3) is 0 Å². The SMILES string of the molecule is CCCCC/C=C\CCCCCCCCOCC(COP(=O)(O)OCCN)OC(=O)CCCCCCCC.